The van der Waals surface area contributed by atoms with E-state index in [-0.39, 0.29) is 13.6 Å². The predicted octanol–water partition coefficient (Wildman–Crippen LogP) is 9.87. The summed E-state index contributed by atoms with van der Waals surface area (Å²) in [5.74, 6) is 1.21. The number of aromatic nitrogens is 4. The van der Waals surface area contributed by atoms with Gasteiger partial charge >= 0.3 is 0 Å². The van der Waals surface area contributed by atoms with Gasteiger partial charge in [-0.2, -0.15) is 0 Å². The van der Waals surface area contributed by atoms with Crippen molar-refractivity contribution in [3.8, 4) is 67.9 Å². The maximum Gasteiger partial charge on any atom is 0.188 e. The van der Waals surface area contributed by atoms with E-state index in [0.717, 1.165) is 78.0 Å². The van der Waals surface area contributed by atoms with Crippen LogP contribution in [0.15, 0.2) is 146 Å². The lowest BCUT2D eigenvalue weighted by atomic mass is 9.87. The number of rotatable bonds is 11. The van der Waals surface area contributed by atoms with Gasteiger partial charge in [0.25, 0.3) is 0 Å². The van der Waals surface area contributed by atoms with Crippen molar-refractivity contribution in [1.82, 2.24) is 19.9 Å². The third kappa shape index (κ3) is 6.33. The molecule has 0 spiro atoms. The van der Waals surface area contributed by atoms with E-state index in [0.29, 0.717) is 11.5 Å². The first-order chi connectivity index (χ1) is 25.7. The highest BCUT2D eigenvalue weighted by Gasteiger charge is 2.26. The number of ether oxygens (including phenoxy) is 4. The molecule has 8 heteroatoms. The van der Waals surface area contributed by atoms with Crippen LogP contribution in [0.1, 0.15) is 0 Å². The minimum Gasteiger partial charge on any atom is -0.466 e. The Morgan fingerprint density at radius 1 is 0.423 bits per heavy atom. The lowest BCUT2D eigenvalue weighted by Crippen LogP contribution is -2.06. The Hall–Kier alpha value is -6.48. The van der Waals surface area contributed by atoms with Crippen molar-refractivity contribution < 1.29 is 18.9 Å². The normalized spacial score (nSPS) is 11.2. The van der Waals surface area contributed by atoms with Crippen LogP contribution in [-0.4, -0.2) is 47.7 Å². The second-order valence-corrected chi connectivity index (χ2v) is 12.0. The largest absolute Gasteiger partial charge is 0.466 e. The summed E-state index contributed by atoms with van der Waals surface area (Å²) in [6.07, 6.45) is 3.54. The van der Waals surface area contributed by atoms with E-state index in [1.54, 1.807) is 26.6 Å². The molecule has 0 saturated carbocycles. The van der Waals surface area contributed by atoms with Gasteiger partial charge in [-0.15, -0.1) is 0 Å². The first kappa shape index (κ1) is 32.7. The van der Waals surface area contributed by atoms with Crippen LogP contribution in [0.3, 0.4) is 0 Å². The summed E-state index contributed by atoms with van der Waals surface area (Å²) in [5, 5.41) is 3.95. The molecule has 0 fully saturated rings. The van der Waals surface area contributed by atoms with Gasteiger partial charge in [0.15, 0.2) is 13.6 Å². The van der Waals surface area contributed by atoms with Gasteiger partial charge in [-0.3, -0.25) is 9.97 Å². The van der Waals surface area contributed by atoms with Crippen molar-refractivity contribution in [3.63, 3.8) is 0 Å². The third-order valence-electron chi connectivity index (χ3n) is 8.80. The molecule has 0 saturated heterocycles. The summed E-state index contributed by atoms with van der Waals surface area (Å²) >= 11 is 0. The highest BCUT2D eigenvalue weighted by Crippen LogP contribution is 2.52. The van der Waals surface area contributed by atoms with Gasteiger partial charge in [0.2, 0.25) is 0 Å². The number of hydrogen-bond donors (Lipinski definition) is 0. The van der Waals surface area contributed by atoms with Crippen LogP contribution in [-0.2, 0) is 9.47 Å². The maximum atomic E-state index is 6.62. The van der Waals surface area contributed by atoms with Crippen molar-refractivity contribution in [2.24, 2.45) is 0 Å². The van der Waals surface area contributed by atoms with Crippen LogP contribution < -0.4 is 9.47 Å². The number of methoxy groups -OCH3 is 2. The Kier molecular flexibility index (Phi) is 9.30. The highest BCUT2D eigenvalue weighted by atomic mass is 16.7. The van der Waals surface area contributed by atoms with Crippen LogP contribution in [0, 0.1) is 0 Å². The van der Waals surface area contributed by atoms with Gasteiger partial charge in [0.1, 0.15) is 11.5 Å². The monoisotopic (exact) mass is 682 g/mol. The molecule has 4 heterocycles. The fourth-order valence-corrected chi connectivity index (χ4v) is 6.55. The van der Waals surface area contributed by atoms with Gasteiger partial charge < -0.3 is 18.9 Å². The first-order valence-electron chi connectivity index (χ1n) is 16.9. The van der Waals surface area contributed by atoms with E-state index >= 15 is 0 Å². The van der Waals surface area contributed by atoms with E-state index in [1.807, 2.05) is 97.1 Å². The molecule has 0 radical (unpaired) electrons. The topological polar surface area (TPSA) is 88.5 Å². The number of pyridine rings is 4. The fourth-order valence-electron chi connectivity index (χ4n) is 6.55. The van der Waals surface area contributed by atoms with Crippen LogP contribution in [0.4, 0.5) is 0 Å². The molecule has 0 aliphatic rings. The van der Waals surface area contributed by atoms with Crippen molar-refractivity contribution >= 4 is 21.5 Å². The molecule has 0 bridgehead atoms. The average molecular weight is 683 g/mol. The number of nitrogens with zero attached hydrogens (tertiary/aromatic N) is 4. The predicted molar refractivity (Wildman–Crippen MR) is 205 cm³/mol. The van der Waals surface area contributed by atoms with E-state index in [2.05, 4.69) is 46.4 Å². The summed E-state index contributed by atoms with van der Waals surface area (Å²) in [5.41, 5.74) is 7.77. The highest BCUT2D eigenvalue weighted by molar-refractivity contribution is 6.14. The van der Waals surface area contributed by atoms with Crippen molar-refractivity contribution in [2.45, 2.75) is 0 Å². The second kappa shape index (κ2) is 14.8. The standard InChI is InChI=1S/C44H34N4O4/c1-49-27-51-43-33(35-19-11-21-39(47-35)37-17-7-9-23-45-37)25-29-13-3-5-15-31(29)41(43)42-32-16-6-4-14-30(32)26-34(44(42)52-28-50-2)36-20-12-22-40(48-36)38-18-8-10-24-46-38/h3-26H,27-28H2,1-2H3. The zero-order valence-corrected chi connectivity index (χ0v) is 28.7. The first-order valence-corrected chi connectivity index (χ1v) is 16.9. The SMILES string of the molecule is COCOc1c(-c2cccc(-c3ccccn3)n2)cc2ccccc2c1-c1c(OCOC)c(-c2cccc(-c3ccccn3)n2)cc2ccccc12. The molecule has 0 N–H and O–H groups in total. The quantitative estimate of drug-likeness (QED) is 0.125. The summed E-state index contributed by atoms with van der Waals surface area (Å²) < 4.78 is 24.3. The van der Waals surface area contributed by atoms with Gasteiger partial charge in [-0.25, -0.2) is 9.97 Å². The van der Waals surface area contributed by atoms with Crippen LogP contribution in [0.5, 0.6) is 11.5 Å². The van der Waals surface area contributed by atoms with Gasteiger partial charge in [-0.1, -0.05) is 72.8 Å². The molecule has 254 valence electrons. The Morgan fingerprint density at radius 2 is 0.827 bits per heavy atom. The smallest absolute Gasteiger partial charge is 0.188 e. The van der Waals surface area contributed by atoms with Crippen molar-refractivity contribution in [2.75, 3.05) is 27.8 Å². The van der Waals surface area contributed by atoms with E-state index < -0.39 is 0 Å². The lowest BCUT2D eigenvalue weighted by Gasteiger charge is -2.23. The van der Waals surface area contributed by atoms with Gasteiger partial charge in [0, 0.05) is 48.9 Å². The van der Waals surface area contributed by atoms with Gasteiger partial charge in [0.05, 0.1) is 34.2 Å². The Morgan fingerprint density at radius 3 is 1.25 bits per heavy atom. The molecule has 0 atom stereocenters. The van der Waals surface area contributed by atoms with Crippen molar-refractivity contribution in [1.29, 1.82) is 0 Å². The molecule has 8 rings (SSSR count). The Bertz CT molecular complexity index is 2330. The Labute approximate surface area is 301 Å². The zero-order chi connectivity index (χ0) is 35.3. The second-order valence-electron chi connectivity index (χ2n) is 12.0. The summed E-state index contributed by atoms with van der Waals surface area (Å²) in [7, 11) is 3.23. The number of hydrogen-bond acceptors (Lipinski definition) is 8. The lowest BCUT2D eigenvalue weighted by molar-refractivity contribution is 0.0506. The molecule has 8 aromatic rings. The van der Waals surface area contributed by atoms with Crippen molar-refractivity contribution in [3.05, 3.63) is 146 Å². The summed E-state index contributed by atoms with van der Waals surface area (Å²) in [4.78, 5) is 19.3. The minimum atomic E-state index is 0.0117. The average Bonchev–Trinajstić information content (AvgIpc) is 3.22. The van der Waals surface area contributed by atoms with Gasteiger partial charge in [-0.05, 0) is 82.2 Å². The van der Waals surface area contributed by atoms with Crippen LogP contribution in [0.25, 0.3) is 78.0 Å². The van der Waals surface area contributed by atoms with E-state index in [9.17, 15) is 0 Å². The Balaban J connectivity index is 1.46. The molecule has 4 aromatic heterocycles. The minimum absolute atomic E-state index is 0.0117. The number of fused-ring (bicyclic) bond motifs is 2. The summed E-state index contributed by atoms with van der Waals surface area (Å²) in [6.45, 7) is 0.0235. The fraction of sp³-hybridized carbons (Fsp3) is 0.0909. The molecule has 4 aromatic carbocycles. The molecule has 8 nitrogen and oxygen atoms in total. The maximum absolute atomic E-state index is 6.62. The molecule has 0 amide bonds. The molecule has 0 unspecified atom stereocenters. The van der Waals surface area contributed by atoms with E-state index in [1.165, 1.54) is 0 Å². The third-order valence-corrected chi connectivity index (χ3v) is 8.80. The van der Waals surface area contributed by atoms with Crippen LogP contribution >= 0.6 is 0 Å². The molecule has 0 aliphatic heterocycles. The van der Waals surface area contributed by atoms with E-state index in [4.69, 9.17) is 28.9 Å². The zero-order valence-electron chi connectivity index (χ0n) is 28.7. The summed E-state index contributed by atoms with van der Waals surface area (Å²) in [6, 6.07) is 44.3. The molecular formula is C44H34N4O4. The van der Waals surface area contributed by atoms with Crippen LogP contribution in [0.2, 0.25) is 0 Å². The molecular weight excluding hydrogens is 649 g/mol. The molecule has 52 heavy (non-hydrogen) atoms. The molecule has 0 aliphatic carbocycles. The number of benzene rings is 4.